The number of carbonyl (C=O) groups excluding carboxylic acids is 1. The molecule has 0 radical (unpaired) electrons. The van der Waals surface area contributed by atoms with Crippen LogP contribution in [0.5, 0.6) is 0 Å². The van der Waals surface area contributed by atoms with Crippen LogP contribution in [0, 0.1) is 5.92 Å². The highest BCUT2D eigenvalue weighted by molar-refractivity contribution is 5.95. The molecule has 19 heavy (non-hydrogen) atoms. The van der Waals surface area contributed by atoms with Gasteiger partial charge in [0.1, 0.15) is 0 Å². The molecule has 1 amide bonds. The van der Waals surface area contributed by atoms with Crippen molar-refractivity contribution in [2.75, 3.05) is 6.54 Å². The Bertz CT molecular complexity index is 447. The first-order chi connectivity index (χ1) is 9.11. The molecule has 4 heteroatoms. The fraction of sp³-hybridized carbons (Fsp3) is 0.533. The van der Waals surface area contributed by atoms with Crippen molar-refractivity contribution in [3.05, 3.63) is 35.4 Å². The Balaban J connectivity index is 2.16. The number of nitrogens with zero attached hydrogens (tertiary/aromatic N) is 1. The Morgan fingerprint density at radius 2 is 2.11 bits per heavy atom. The maximum absolute atomic E-state index is 11.8. The number of nitrogens with two attached hydrogens (primary N) is 1. The number of likely N-dealkylation sites (tertiary alicyclic amines) is 1. The lowest BCUT2D eigenvalue weighted by Gasteiger charge is -2.37. The van der Waals surface area contributed by atoms with E-state index in [1.54, 1.807) is 0 Å². The van der Waals surface area contributed by atoms with Crippen molar-refractivity contribution in [2.24, 2.45) is 11.8 Å². The molecule has 0 aliphatic carbocycles. The maximum atomic E-state index is 11.8. The van der Waals surface area contributed by atoms with Gasteiger partial charge in [-0.05, 0) is 37.3 Å². The van der Waals surface area contributed by atoms with Crippen molar-refractivity contribution in [2.45, 2.75) is 39.3 Å². The van der Waals surface area contributed by atoms with E-state index in [0.717, 1.165) is 24.6 Å². The number of hydrazine groups is 1. The van der Waals surface area contributed by atoms with Gasteiger partial charge in [0, 0.05) is 24.7 Å². The average molecular weight is 261 g/mol. The second-order valence-corrected chi connectivity index (χ2v) is 5.59. The highest BCUT2D eigenvalue weighted by Crippen LogP contribution is 2.24. The molecule has 2 rings (SSSR count). The minimum atomic E-state index is -0.215. The molecule has 1 aliphatic rings. The summed E-state index contributed by atoms with van der Waals surface area (Å²) in [7, 11) is 0. The molecular weight excluding hydrogens is 238 g/mol. The molecule has 0 saturated carbocycles. The Morgan fingerprint density at radius 3 is 2.84 bits per heavy atom. The van der Waals surface area contributed by atoms with Crippen LogP contribution in [0.2, 0.25) is 0 Å². The third-order valence-electron chi connectivity index (χ3n) is 4.01. The fourth-order valence-electron chi connectivity index (χ4n) is 2.78. The number of nitrogen functional groups attached to an aromatic ring is 1. The van der Waals surface area contributed by atoms with E-state index in [-0.39, 0.29) is 5.91 Å². The van der Waals surface area contributed by atoms with Gasteiger partial charge in [-0.3, -0.25) is 15.1 Å². The van der Waals surface area contributed by atoms with Crippen molar-refractivity contribution in [3.63, 3.8) is 0 Å². The van der Waals surface area contributed by atoms with Crippen molar-refractivity contribution < 1.29 is 4.79 Å². The molecule has 1 fully saturated rings. The lowest BCUT2D eigenvalue weighted by Crippen LogP contribution is -2.41. The van der Waals surface area contributed by atoms with Gasteiger partial charge in [0.05, 0.1) is 0 Å². The van der Waals surface area contributed by atoms with Gasteiger partial charge in [0.2, 0.25) is 0 Å². The monoisotopic (exact) mass is 261 g/mol. The van der Waals surface area contributed by atoms with E-state index in [9.17, 15) is 4.79 Å². The van der Waals surface area contributed by atoms with Gasteiger partial charge >= 0.3 is 0 Å². The number of carbonyl (C=O) groups is 1. The van der Waals surface area contributed by atoms with E-state index in [0.29, 0.717) is 11.6 Å². The first-order valence-corrected chi connectivity index (χ1v) is 6.94. The fourth-order valence-corrected chi connectivity index (χ4v) is 2.78. The minimum Gasteiger partial charge on any atom is -0.296 e. The predicted molar refractivity (Wildman–Crippen MR) is 76.4 cm³/mol. The summed E-state index contributed by atoms with van der Waals surface area (Å²) < 4.78 is 0. The summed E-state index contributed by atoms with van der Waals surface area (Å²) in [6.07, 6.45) is 2.52. The number of piperidine rings is 1. The summed E-state index contributed by atoms with van der Waals surface area (Å²) in [6, 6.07) is 8.26. The molecule has 0 bridgehead atoms. The number of nitrogens with one attached hydrogen (secondary N) is 1. The quantitative estimate of drug-likeness (QED) is 0.496. The first-order valence-electron chi connectivity index (χ1n) is 6.94. The van der Waals surface area contributed by atoms with Gasteiger partial charge in [0.25, 0.3) is 5.91 Å². The normalized spacial score (nSPS) is 24.2. The van der Waals surface area contributed by atoms with Crippen LogP contribution >= 0.6 is 0 Å². The molecule has 2 atom stereocenters. The predicted octanol–water partition coefficient (Wildman–Crippen LogP) is 1.91. The Labute approximate surface area is 114 Å². The van der Waals surface area contributed by atoms with Crippen molar-refractivity contribution in [1.82, 2.24) is 10.3 Å². The van der Waals surface area contributed by atoms with Crippen LogP contribution in [-0.2, 0) is 6.54 Å². The van der Waals surface area contributed by atoms with E-state index >= 15 is 0 Å². The Morgan fingerprint density at radius 1 is 1.37 bits per heavy atom. The SMILES string of the molecule is CC1CCC(C)N(Cc2ccccc2C(=O)NN)C1. The van der Waals surface area contributed by atoms with E-state index in [1.807, 2.05) is 24.3 Å². The third kappa shape index (κ3) is 3.33. The lowest BCUT2D eigenvalue weighted by molar-refractivity contribution is 0.0944. The topological polar surface area (TPSA) is 58.4 Å². The smallest absolute Gasteiger partial charge is 0.265 e. The number of hydrogen-bond acceptors (Lipinski definition) is 3. The molecule has 0 spiro atoms. The maximum Gasteiger partial charge on any atom is 0.265 e. The lowest BCUT2D eigenvalue weighted by atomic mass is 9.94. The van der Waals surface area contributed by atoms with Crippen LogP contribution < -0.4 is 11.3 Å². The van der Waals surface area contributed by atoms with Crippen molar-refractivity contribution in [3.8, 4) is 0 Å². The average Bonchev–Trinajstić information content (AvgIpc) is 2.42. The van der Waals surface area contributed by atoms with Crippen LogP contribution in [-0.4, -0.2) is 23.4 Å². The molecule has 4 nitrogen and oxygen atoms in total. The zero-order valence-electron chi connectivity index (χ0n) is 11.7. The van der Waals surface area contributed by atoms with E-state index < -0.39 is 0 Å². The summed E-state index contributed by atoms with van der Waals surface area (Å²) in [6.45, 7) is 6.46. The summed E-state index contributed by atoms with van der Waals surface area (Å²) >= 11 is 0. The summed E-state index contributed by atoms with van der Waals surface area (Å²) in [5.41, 5.74) is 3.95. The van der Waals surface area contributed by atoms with Crippen molar-refractivity contribution in [1.29, 1.82) is 0 Å². The van der Waals surface area contributed by atoms with Gasteiger partial charge < -0.3 is 0 Å². The number of hydrogen-bond donors (Lipinski definition) is 2. The van der Waals surface area contributed by atoms with Gasteiger partial charge in [-0.1, -0.05) is 25.1 Å². The van der Waals surface area contributed by atoms with E-state index in [2.05, 4.69) is 24.2 Å². The van der Waals surface area contributed by atoms with Gasteiger partial charge in [-0.25, -0.2) is 5.84 Å². The Kier molecular flexibility index (Phi) is 4.56. The zero-order chi connectivity index (χ0) is 13.8. The molecule has 1 aromatic carbocycles. The molecule has 1 heterocycles. The molecule has 2 unspecified atom stereocenters. The highest BCUT2D eigenvalue weighted by Gasteiger charge is 2.23. The molecule has 1 saturated heterocycles. The third-order valence-corrected chi connectivity index (χ3v) is 4.01. The molecule has 104 valence electrons. The van der Waals surface area contributed by atoms with Gasteiger partial charge in [-0.15, -0.1) is 0 Å². The van der Waals surface area contributed by atoms with E-state index in [1.165, 1.54) is 12.8 Å². The second kappa shape index (κ2) is 6.17. The summed E-state index contributed by atoms with van der Waals surface area (Å²) in [5.74, 6) is 5.76. The second-order valence-electron chi connectivity index (χ2n) is 5.59. The molecule has 3 N–H and O–H groups in total. The van der Waals surface area contributed by atoms with Crippen LogP contribution in [0.4, 0.5) is 0 Å². The van der Waals surface area contributed by atoms with Crippen LogP contribution in [0.15, 0.2) is 24.3 Å². The van der Waals surface area contributed by atoms with Gasteiger partial charge in [-0.2, -0.15) is 0 Å². The van der Waals surface area contributed by atoms with Crippen LogP contribution in [0.1, 0.15) is 42.6 Å². The molecule has 1 aliphatic heterocycles. The highest BCUT2D eigenvalue weighted by atomic mass is 16.2. The molecule has 0 aromatic heterocycles. The summed E-state index contributed by atoms with van der Waals surface area (Å²) in [5, 5.41) is 0. The van der Waals surface area contributed by atoms with Crippen LogP contribution in [0.25, 0.3) is 0 Å². The number of rotatable bonds is 3. The van der Waals surface area contributed by atoms with Crippen LogP contribution in [0.3, 0.4) is 0 Å². The first kappa shape index (κ1) is 14.0. The number of benzene rings is 1. The minimum absolute atomic E-state index is 0.215. The zero-order valence-corrected chi connectivity index (χ0v) is 11.7. The number of amides is 1. The molecule has 1 aromatic rings. The standard InChI is InChI=1S/C15H23N3O/c1-11-7-8-12(2)18(9-11)10-13-5-3-4-6-14(13)15(19)17-16/h3-6,11-12H,7-10,16H2,1-2H3,(H,17,19). The van der Waals surface area contributed by atoms with Gasteiger partial charge in [0.15, 0.2) is 0 Å². The largest absolute Gasteiger partial charge is 0.296 e. The Hall–Kier alpha value is -1.39. The van der Waals surface area contributed by atoms with Crippen molar-refractivity contribution >= 4 is 5.91 Å². The molecular formula is C15H23N3O. The van der Waals surface area contributed by atoms with E-state index in [4.69, 9.17) is 5.84 Å². The summed E-state index contributed by atoms with van der Waals surface area (Å²) in [4.78, 5) is 14.2.